The van der Waals surface area contributed by atoms with Crippen LogP contribution in [0.3, 0.4) is 0 Å². The van der Waals surface area contributed by atoms with Crippen molar-refractivity contribution in [2.24, 2.45) is 0 Å². The Balaban J connectivity index is 1.15. The fourth-order valence-corrected chi connectivity index (χ4v) is 7.59. The summed E-state index contributed by atoms with van der Waals surface area (Å²) in [6.45, 7) is 0. The fraction of sp³-hybridized carbons (Fsp3) is 0. The van der Waals surface area contributed by atoms with E-state index >= 15 is 0 Å². The van der Waals surface area contributed by atoms with Crippen molar-refractivity contribution >= 4 is 27.8 Å². The van der Waals surface area contributed by atoms with Crippen LogP contribution in [-0.4, -0.2) is 0 Å². The summed E-state index contributed by atoms with van der Waals surface area (Å²) in [5, 5.41) is 2.52. The molecule has 9 aromatic carbocycles. The smallest absolute Gasteiger partial charge is 0.0462 e. The Hall–Kier alpha value is -6.96. The van der Waals surface area contributed by atoms with Gasteiger partial charge in [-0.15, -0.1) is 0 Å². The van der Waals surface area contributed by atoms with Crippen molar-refractivity contribution in [3.8, 4) is 55.6 Å². The zero-order valence-electron chi connectivity index (χ0n) is 29.3. The van der Waals surface area contributed by atoms with Gasteiger partial charge in [0.15, 0.2) is 0 Å². The van der Waals surface area contributed by atoms with Crippen LogP contribution in [0.4, 0.5) is 17.1 Å². The Bertz CT molecular complexity index is 2620. The molecule has 0 N–H and O–H groups in total. The molecule has 0 radical (unpaired) electrons. The molecule has 0 aliphatic rings. The highest BCUT2D eigenvalue weighted by Gasteiger charge is 2.19. The molecule has 0 unspecified atom stereocenters. The monoisotopic (exact) mass is 675 g/mol. The van der Waals surface area contributed by atoms with E-state index in [2.05, 4.69) is 229 Å². The molecule has 1 heteroatoms. The normalized spacial score (nSPS) is 11.0. The second-order valence-electron chi connectivity index (χ2n) is 13.3. The standard InChI is InChI=1S/C52H37N/c1-4-16-38(17-5-1)48-25-12-13-26-51(48)52-49(40-18-6-2-7-19-40)28-15-29-50(52)42-32-36-45(37-33-42)53(43-22-8-3-9-23-43)44-34-30-41(31-35-44)47-27-14-21-39-20-10-11-24-46(39)47/h1-37H. The molecule has 9 aromatic rings. The third kappa shape index (κ3) is 6.30. The van der Waals surface area contributed by atoms with Crippen LogP contribution >= 0.6 is 0 Å². The van der Waals surface area contributed by atoms with E-state index in [9.17, 15) is 0 Å². The minimum Gasteiger partial charge on any atom is -0.311 e. The molecule has 0 spiro atoms. The van der Waals surface area contributed by atoms with Gasteiger partial charge in [0.25, 0.3) is 0 Å². The highest BCUT2D eigenvalue weighted by molar-refractivity contribution is 6.00. The Morgan fingerprint density at radius 2 is 0.604 bits per heavy atom. The van der Waals surface area contributed by atoms with Gasteiger partial charge in [0.2, 0.25) is 0 Å². The van der Waals surface area contributed by atoms with Gasteiger partial charge in [0, 0.05) is 17.1 Å². The lowest BCUT2D eigenvalue weighted by molar-refractivity contribution is 1.28. The lowest BCUT2D eigenvalue weighted by Crippen LogP contribution is -2.09. The third-order valence-corrected chi connectivity index (χ3v) is 10.1. The zero-order valence-corrected chi connectivity index (χ0v) is 29.3. The van der Waals surface area contributed by atoms with Crippen LogP contribution in [-0.2, 0) is 0 Å². The number of benzene rings is 9. The van der Waals surface area contributed by atoms with Gasteiger partial charge in [-0.2, -0.15) is 0 Å². The number of fused-ring (bicyclic) bond motifs is 1. The van der Waals surface area contributed by atoms with E-state index in [1.54, 1.807) is 0 Å². The SMILES string of the molecule is c1ccc(-c2ccccc2-c2c(-c3ccccc3)cccc2-c2ccc(N(c3ccccc3)c3ccc(-c4cccc5ccccc45)cc3)cc2)cc1. The van der Waals surface area contributed by atoms with Gasteiger partial charge < -0.3 is 4.90 Å². The summed E-state index contributed by atoms with van der Waals surface area (Å²) >= 11 is 0. The van der Waals surface area contributed by atoms with Crippen LogP contribution in [0.5, 0.6) is 0 Å². The highest BCUT2D eigenvalue weighted by atomic mass is 15.1. The number of hydrogen-bond donors (Lipinski definition) is 0. The minimum absolute atomic E-state index is 1.10. The van der Waals surface area contributed by atoms with Crippen molar-refractivity contribution in [2.75, 3.05) is 4.90 Å². The van der Waals surface area contributed by atoms with Crippen LogP contribution in [0.15, 0.2) is 224 Å². The maximum absolute atomic E-state index is 2.34. The van der Waals surface area contributed by atoms with Crippen LogP contribution in [0.2, 0.25) is 0 Å². The largest absolute Gasteiger partial charge is 0.311 e. The summed E-state index contributed by atoms with van der Waals surface area (Å²) < 4.78 is 0. The van der Waals surface area contributed by atoms with E-state index in [1.165, 1.54) is 66.4 Å². The first-order valence-electron chi connectivity index (χ1n) is 18.2. The summed E-state index contributed by atoms with van der Waals surface area (Å²) in [6, 6.07) is 80.7. The van der Waals surface area contributed by atoms with Gasteiger partial charge in [-0.25, -0.2) is 0 Å². The molecule has 0 heterocycles. The Morgan fingerprint density at radius 3 is 1.23 bits per heavy atom. The molecule has 0 bridgehead atoms. The van der Waals surface area contributed by atoms with Gasteiger partial charge in [0.1, 0.15) is 0 Å². The number of para-hydroxylation sites is 1. The van der Waals surface area contributed by atoms with Crippen molar-refractivity contribution in [2.45, 2.75) is 0 Å². The van der Waals surface area contributed by atoms with Crippen LogP contribution < -0.4 is 4.90 Å². The Kier molecular flexibility index (Phi) is 8.66. The van der Waals surface area contributed by atoms with Crippen molar-refractivity contribution in [1.82, 2.24) is 0 Å². The second kappa shape index (κ2) is 14.3. The molecular formula is C52H37N. The molecule has 0 saturated heterocycles. The maximum atomic E-state index is 2.34. The second-order valence-corrected chi connectivity index (χ2v) is 13.3. The van der Waals surface area contributed by atoms with Crippen LogP contribution in [0.25, 0.3) is 66.4 Å². The molecule has 1 nitrogen and oxygen atoms in total. The quantitative estimate of drug-likeness (QED) is 0.155. The topological polar surface area (TPSA) is 3.24 Å². The number of rotatable bonds is 8. The van der Waals surface area contributed by atoms with Crippen LogP contribution in [0, 0.1) is 0 Å². The van der Waals surface area contributed by atoms with E-state index < -0.39 is 0 Å². The molecule has 0 saturated carbocycles. The summed E-state index contributed by atoms with van der Waals surface area (Å²) in [5.41, 5.74) is 15.4. The van der Waals surface area contributed by atoms with E-state index in [0.717, 1.165) is 17.1 Å². The van der Waals surface area contributed by atoms with Gasteiger partial charge in [-0.05, 0) is 103 Å². The molecule has 9 rings (SSSR count). The maximum Gasteiger partial charge on any atom is 0.0462 e. The van der Waals surface area contributed by atoms with Crippen molar-refractivity contribution in [1.29, 1.82) is 0 Å². The first-order valence-corrected chi connectivity index (χ1v) is 18.2. The highest BCUT2D eigenvalue weighted by Crippen LogP contribution is 2.45. The molecule has 0 fully saturated rings. The first kappa shape index (κ1) is 32.0. The van der Waals surface area contributed by atoms with Gasteiger partial charge in [-0.1, -0.05) is 188 Å². The average molecular weight is 676 g/mol. The molecule has 0 atom stereocenters. The molecule has 53 heavy (non-hydrogen) atoms. The van der Waals surface area contributed by atoms with Crippen LogP contribution in [0.1, 0.15) is 0 Å². The zero-order chi connectivity index (χ0) is 35.4. The molecule has 250 valence electrons. The first-order chi connectivity index (χ1) is 26.3. The van der Waals surface area contributed by atoms with Crippen molar-refractivity contribution < 1.29 is 0 Å². The summed E-state index contributed by atoms with van der Waals surface area (Å²) in [4.78, 5) is 2.34. The Morgan fingerprint density at radius 1 is 0.226 bits per heavy atom. The van der Waals surface area contributed by atoms with Crippen molar-refractivity contribution in [3.63, 3.8) is 0 Å². The van der Waals surface area contributed by atoms with E-state index in [1.807, 2.05) is 0 Å². The minimum atomic E-state index is 1.10. The number of nitrogens with zero attached hydrogens (tertiary/aromatic N) is 1. The number of hydrogen-bond acceptors (Lipinski definition) is 1. The van der Waals surface area contributed by atoms with Gasteiger partial charge in [-0.3, -0.25) is 0 Å². The molecule has 0 aromatic heterocycles. The summed E-state index contributed by atoms with van der Waals surface area (Å²) in [5.74, 6) is 0. The lowest BCUT2D eigenvalue weighted by Gasteiger charge is -2.26. The Labute approximate surface area is 311 Å². The number of anilines is 3. The molecule has 0 aliphatic carbocycles. The average Bonchev–Trinajstić information content (AvgIpc) is 3.25. The van der Waals surface area contributed by atoms with Gasteiger partial charge in [0.05, 0.1) is 0 Å². The molecule has 0 aliphatic heterocycles. The molecule has 0 amide bonds. The molecular weight excluding hydrogens is 639 g/mol. The third-order valence-electron chi connectivity index (χ3n) is 10.1. The predicted molar refractivity (Wildman–Crippen MR) is 226 cm³/mol. The van der Waals surface area contributed by atoms with E-state index in [-0.39, 0.29) is 0 Å². The van der Waals surface area contributed by atoms with Crippen molar-refractivity contribution in [3.05, 3.63) is 224 Å². The lowest BCUT2D eigenvalue weighted by atomic mass is 9.84. The summed E-state index contributed by atoms with van der Waals surface area (Å²) in [6.07, 6.45) is 0. The fourth-order valence-electron chi connectivity index (χ4n) is 7.59. The van der Waals surface area contributed by atoms with Gasteiger partial charge >= 0.3 is 0 Å². The predicted octanol–water partition coefficient (Wildman–Crippen LogP) is 14.6. The van der Waals surface area contributed by atoms with E-state index in [0.29, 0.717) is 0 Å². The van der Waals surface area contributed by atoms with E-state index in [4.69, 9.17) is 0 Å². The summed E-state index contributed by atoms with van der Waals surface area (Å²) in [7, 11) is 0.